The Morgan fingerprint density at radius 1 is 1.25 bits per heavy atom. The number of fused-ring (bicyclic) bond motifs is 1. The van der Waals surface area contributed by atoms with E-state index in [1.165, 1.54) is 30.6 Å². The number of anilines is 1. The Morgan fingerprint density at radius 2 is 2.05 bits per heavy atom. The van der Waals surface area contributed by atoms with Crippen LogP contribution in [-0.2, 0) is 11.2 Å². The van der Waals surface area contributed by atoms with Crippen LogP contribution in [0.1, 0.15) is 32.3 Å². The molecule has 20 heavy (non-hydrogen) atoms. The highest BCUT2D eigenvalue weighted by Crippen LogP contribution is 2.27. The maximum atomic E-state index is 5.42. The van der Waals surface area contributed by atoms with Crippen LogP contribution in [0.15, 0.2) is 24.3 Å². The molecular formula is C17H28N2O. The lowest BCUT2D eigenvalue weighted by molar-refractivity contribution is 0.0159. The number of nitrogens with zero attached hydrogens (tertiary/aromatic N) is 1. The maximum Gasteiger partial charge on any atom is 0.0634 e. The van der Waals surface area contributed by atoms with Crippen molar-refractivity contribution in [2.75, 3.05) is 38.2 Å². The molecule has 0 saturated heterocycles. The van der Waals surface area contributed by atoms with Gasteiger partial charge in [0.2, 0.25) is 0 Å². The van der Waals surface area contributed by atoms with Gasteiger partial charge in [0.25, 0.3) is 0 Å². The highest BCUT2D eigenvalue weighted by atomic mass is 16.5. The first-order valence-electron chi connectivity index (χ1n) is 7.71. The number of para-hydroxylation sites is 1. The second-order valence-corrected chi connectivity index (χ2v) is 6.18. The van der Waals surface area contributed by atoms with Crippen molar-refractivity contribution < 1.29 is 4.74 Å². The van der Waals surface area contributed by atoms with Crippen LogP contribution in [0.3, 0.4) is 0 Å². The van der Waals surface area contributed by atoms with E-state index < -0.39 is 0 Å². The third-order valence-corrected chi connectivity index (χ3v) is 4.22. The molecule has 112 valence electrons. The van der Waals surface area contributed by atoms with Crippen molar-refractivity contribution in [3.05, 3.63) is 29.8 Å². The summed E-state index contributed by atoms with van der Waals surface area (Å²) in [6.45, 7) is 8.70. The van der Waals surface area contributed by atoms with Crippen LogP contribution < -0.4 is 10.2 Å². The molecule has 0 atom stereocenters. The zero-order chi connectivity index (χ0) is 14.4. The summed E-state index contributed by atoms with van der Waals surface area (Å²) >= 11 is 0. The number of hydrogen-bond donors (Lipinski definition) is 1. The van der Waals surface area contributed by atoms with Crippen molar-refractivity contribution in [2.45, 2.75) is 38.7 Å². The topological polar surface area (TPSA) is 24.5 Å². The molecule has 0 amide bonds. The molecule has 0 radical (unpaired) electrons. The van der Waals surface area contributed by atoms with Crippen LogP contribution in [0.25, 0.3) is 0 Å². The van der Waals surface area contributed by atoms with Gasteiger partial charge in [-0.05, 0) is 57.8 Å². The number of methoxy groups -OCH3 is 1. The lowest BCUT2D eigenvalue weighted by Crippen LogP contribution is -2.30. The molecule has 1 aliphatic rings. The third-order valence-electron chi connectivity index (χ3n) is 4.22. The van der Waals surface area contributed by atoms with Gasteiger partial charge in [-0.3, -0.25) is 0 Å². The molecule has 0 saturated carbocycles. The van der Waals surface area contributed by atoms with E-state index in [4.69, 9.17) is 4.74 Å². The fourth-order valence-corrected chi connectivity index (χ4v) is 2.65. The zero-order valence-electron chi connectivity index (χ0n) is 13.1. The minimum absolute atomic E-state index is 0.0130. The van der Waals surface area contributed by atoms with E-state index >= 15 is 0 Å². The Hall–Kier alpha value is -1.06. The molecule has 0 aromatic heterocycles. The first-order chi connectivity index (χ1) is 9.62. The van der Waals surface area contributed by atoms with Crippen molar-refractivity contribution in [1.29, 1.82) is 0 Å². The predicted octanol–water partition coefficient (Wildman–Crippen LogP) is 2.84. The summed E-state index contributed by atoms with van der Waals surface area (Å²) < 4.78 is 5.42. The van der Waals surface area contributed by atoms with Crippen molar-refractivity contribution in [3.8, 4) is 0 Å². The van der Waals surface area contributed by atoms with Gasteiger partial charge in [0.1, 0.15) is 0 Å². The largest absolute Gasteiger partial charge is 0.379 e. The smallest absolute Gasteiger partial charge is 0.0634 e. The second-order valence-electron chi connectivity index (χ2n) is 6.18. The normalized spacial score (nSPS) is 14.7. The Bertz CT molecular complexity index is 417. The van der Waals surface area contributed by atoms with Gasteiger partial charge in [-0.25, -0.2) is 0 Å². The van der Waals surface area contributed by atoms with Crippen LogP contribution in [0.4, 0.5) is 5.69 Å². The van der Waals surface area contributed by atoms with Crippen molar-refractivity contribution >= 4 is 5.69 Å². The van der Waals surface area contributed by atoms with E-state index in [1.807, 2.05) is 0 Å². The quantitative estimate of drug-likeness (QED) is 0.739. The number of ether oxygens (including phenoxy) is 1. The second kappa shape index (κ2) is 7.09. The van der Waals surface area contributed by atoms with Gasteiger partial charge in [0.15, 0.2) is 0 Å². The van der Waals surface area contributed by atoms with Crippen LogP contribution in [-0.4, -0.2) is 38.9 Å². The Kier molecular flexibility index (Phi) is 5.44. The van der Waals surface area contributed by atoms with E-state index in [1.54, 1.807) is 7.11 Å². The number of rotatable bonds is 8. The molecule has 3 heteroatoms. The fraction of sp³-hybridized carbons (Fsp3) is 0.647. The molecule has 0 spiro atoms. The summed E-state index contributed by atoms with van der Waals surface area (Å²) in [6.07, 6.45) is 3.45. The van der Waals surface area contributed by atoms with Gasteiger partial charge >= 0.3 is 0 Å². The predicted molar refractivity (Wildman–Crippen MR) is 85.6 cm³/mol. The average molecular weight is 276 g/mol. The summed E-state index contributed by atoms with van der Waals surface area (Å²) in [7, 11) is 1.78. The Labute approximate surface area is 123 Å². The van der Waals surface area contributed by atoms with Crippen LogP contribution >= 0.6 is 0 Å². The summed E-state index contributed by atoms with van der Waals surface area (Å²) in [5.74, 6) is 0. The van der Waals surface area contributed by atoms with Crippen LogP contribution in [0.5, 0.6) is 0 Å². The van der Waals surface area contributed by atoms with Gasteiger partial charge in [0, 0.05) is 25.9 Å². The summed E-state index contributed by atoms with van der Waals surface area (Å²) in [4.78, 5) is 2.51. The molecule has 3 nitrogen and oxygen atoms in total. The molecule has 0 bridgehead atoms. The van der Waals surface area contributed by atoms with Gasteiger partial charge in [-0.15, -0.1) is 0 Å². The first kappa shape index (κ1) is 15.3. The lowest BCUT2D eigenvalue weighted by atomic mass is 10.1. The average Bonchev–Trinajstić information content (AvgIpc) is 2.86. The molecule has 1 N–H and O–H groups in total. The molecule has 1 aliphatic heterocycles. The fourth-order valence-electron chi connectivity index (χ4n) is 2.65. The highest BCUT2D eigenvalue weighted by Gasteiger charge is 2.17. The maximum absolute atomic E-state index is 5.42. The number of nitrogens with one attached hydrogen (secondary N) is 1. The van der Waals surface area contributed by atoms with E-state index in [2.05, 4.69) is 48.3 Å². The minimum Gasteiger partial charge on any atom is -0.379 e. The Morgan fingerprint density at radius 3 is 2.85 bits per heavy atom. The van der Waals surface area contributed by atoms with Crippen molar-refractivity contribution in [1.82, 2.24) is 5.32 Å². The van der Waals surface area contributed by atoms with E-state index in [0.717, 1.165) is 26.1 Å². The molecule has 1 aromatic carbocycles. The molecule has 1 aromatic rings. The Balaban J connectivity index is 1.61. The molecule has 1 heterocycles. The SMILES string of the molecule is COC(C)(C)CCNCCCN1CCc2ccccc21. The standard InChI is InChI=1S/C17H28N2O/c1-17(2,20-3)10-12-18-11-6-13-19-14-9-15-7-4-5-8-16(15)19/h4-5,7-8,18H,6,9-14H2,1-3H3. The molecule has 0 unspecified atom stereocenters. The minimum atomic E-state index is -0.0130. The summed E-state index contributed by atoms with van der Waals surface area (Å²) in [6, 6.07) is 8.78. The molecule has 2 rings (SSSR count). The van der Waals surface area contributed by atoms with Crippen molar-refractivity contribution in [2.24, 2.45) is 0 Å². The monoisotopic (exact) mass is 276 g/mol. The van der Waals surface area contributed by atoms with Crippen LogP contribution in [0, 0.1) is 0 Å². The zero-order valence-corrected chi connectivity index (χ0v) is 13.1. The molecular weight excluding hydrogens is 248 g/mol. The molecule has 0 fully saturated rings. The van der Waals surface area contributed by atoms with Gasteiger partial charge in [-0.1, -0.05) is 18.2 Å². The lowest BCUT2D eigenvalue weighted by Gasteiger charge is -2.23. The van der Waals surface area contributed by atoms with Crippen molar-refractivity contribution in [3.63, 3.8) is 0 Å². The first-order valence-corrected chi connectivity index (χ1v) is 7.71. The van der Waals surface area contributed by atoms with Gasteiger partial charge in [0.05, 0.1) is 5.60 Å². The number of benzene rings is 1. The van der Waals surface area contributed by atoms with E-state index in [9.17, 15) is 0 Å². The van der Waals surface area contributed by atoms with Crippen LogP contribution in [0.2, 0.25) is 0 Å². The third kappa shape index (κ3) is 4.22. The van der Waals surface area contributed by atoms with E-state index in [0.29, 0.717) is 0 Å². The molecule has 0 aliphatic carbocycles. The van der Waals surface area contributed by atoms with Gasteiger partial charge in [-0.2, -0.15) is 0 Å². The summed E-state index contributed by atoms with van der Waals surface area (Å²) in [5.41, 5.74) is 2.93. The number of hydrogen-bond acceptors (Lipinski definition) is 3. The van der Waals surface area contributed by atoms with Gasteiger partial charge < -0.3 is 15.0 Å². The highest BCUT2D eigenvalue weighted by molar-refractivity contribution is 5.57. The van der Waals surface area contributed by atoms with E-state index in [-0.39, 0.29) is 5.60 Å². The summed E-state index contributed by atoms with van der Waals surface area (Å²) in [5, 5.41) is 3.52.